The highest BCUT2D eigenvalue weighted by molar-refractivity contribution is 5.73. The molecule has 0 spiro atoms. The molecule has 3 atom stereocenters. The maximum Gasteiger partial charge on any atom is 0.310 e. The van der Waals surface area contributed by atoms with Crippen molar-refractivity contribution in [2.45, 2.75) is 45.1 Å². The molecule has 2 saturated carbocycles. The maximum atomic E-state index is 12.0. The lowest BCUT2D eigenvalue weighted by Gasteiger charge is -2.22. The van der Waals surface area contributed by atoms with E-state index in [9.17, 15) is 4.79 Å². The van der Waals surface area contributed by atoms with Crippen LogP contribution in [0.3, 0.4) is 0 Å². The summed E-state index contributed by atoms with van der Waals surface area (Å²) in [4.78, 5) is 12.0. The SMILES string of the molecule is Cc1ccccc1CC(=O)OC1CC2CCC1C2. The van der Waals surface area contributed by atoms with E-state index in [0.29, 0.717) is 12.3 Å². The zero-order valence-corrected chi connectivity index (χ0v) is 10.9. The summed E-state index contributed by atoms with van der Waals surface area (Å²) in [5, 5.41) is 0. The number of fused-ring (bicyclic) bond motifs is 2. The van der Waals surface area contributed by atoms with Crippen LogP contribution in [0.1, 0.15) is 36.8 Å². The molecule has 2 aliphatic rings. The van der Waals surface area contributed by atoms with E-state index in [1.54, 1.807) is 0 Å². The van der Waals surface area contributed by atoms with Crippen molar-refractivity contribution in [3.05, 3.63) is 35.4 Å². The number of hydrogen-bond donors (Lipinski definition) is 0. The Morgan fingerprint density at radius 3 is 2.78 bits per heavy atom. The molecule has 3 unspecified atom stereocenters. The summed E-state index contributed by atoms with van der Waals surface area (Å²) in [5.74, 6) is 1.42. The fourth-order valence-corrected chi connectivity index (χ4v) is 3.51. The first-order valence-corrected chi connectivity index (χ1v) is 6.96. The van der Waals surface area contributed by atoms with E-state index in [2.05, 4.69) is 0 Å². The molecule has 2 bridgehead atoms. The Balaban J connectivity index is 1.58. The van der Waals surface area contributed by atoms with Crippen molar-refractivity contribution < 1.29 is 9.53 Å². The quantitative estimate of drug-likeness (QED) is 0.763. The topological polar surface area (TPSA) is 26.3 Å². The third-order valence-electron chi connectivity index (χ3n) is 4.55. The molecular weight excluding hydrogens is 224 g/mol. The number of ether oxygens (including phenoxy) is 1. The number of hydrogen-bond acceptors (Lipinski definition) is 2. The summed E-state index contributed by atoms with van der Waals surface area (Å²) in [5.41, 5.74) is 2.26. The lowest BCUT2D eigenvalue weighted by atomic mass is 9.97. The van der Waals surface area contributed by atoms with E-state index >= 15 is 0 Å². The van der Waals surface area contributed by atoms with Gasteiger partial charge in [-0.05, 0) is 55.6 Å². The van der Waals surface area contributed by atoms with Crippen LogP contribution in [-0.4, -0.2) is 12.1 Å². The molecule has 0 radical (unpaired) electrons. The smallest absolute Gasteiger partial charge is 0.310 e. The normalized spacial score (nSPS) is 29.5. The first-order valence-electron chi connectivity index (χ1n) is 6.96. The molecule has 18 heavy (non-hydrogen) atoms. The van der Waals surface area contributed by atoms with Crippen LogP contribution in [0.5, 0.6) is 0 Å². The highest BCUT2D eigenvalue weighted by atomic mass is 16.5. The highest BCUT2D eigenvalue weighted by Gasteiger charge is 2.41. The van der Waals surface area contributed by atoms with Gasteiger partial charge < -0.3 is 4.74 Å². The molecule has 0 heterocycles. The van der Waals surface area contributed by atoms with Crippen molar-refractivity contribution in [3.8, 4) is 0 Å². The number of carbonyl (C=O) groups excluding carboxylic acids is 1. The Bertz CT molecular complexity index is 452. The van der Waals surface area contributed by atoms with Crippen LogP contribution < -0.4 is 0 Å². The third kappa shape index (κ3) is 2.29. The van der Waals surface area contributed by atoms with Gasteiger partial charge in [0.2, 0.25) is 0 Å². The van der Waals surface area contributed by atoms with Crippen molar-refractivity contribution in [1.82, 2.24) is 0 Å². The Morgan fingerprint density at radius 2 is 2.11 bits per heavy atom. The van der Waals surface area contributed by atoms with Gasteiger partial charge >= 0.3 is 5.97 Å². The predicted molar refractivity (Wildman–Crippen MR) is 70.2 cm³/mol. The molecule has 0 amide bonds. The van der Waals surface area contributed by atoms with Gasteiger partial charge in [-0.1, -0.05) is 24.3 Å². The highest BCUT2D eigenvalue weighted by Crippen LogP contribution is 2.45. The number of benzene rings is 1. The maximum absolute atomic E-state index is 12.0. The molecular formula is C16H20O2. The molecule has 0 aliphatic heterocycles. The van der Waals surface area contributed by atoms with E-state index in [-0.39, 0.29) is 12.1 Å². The van der Waals surface area contributed by atoms with Crippen molar-refractivity contribution in [2.75, 3.05) is 0 Å². The van der Waals surface area contributed by atoms with Gasteiger partial charge in [-0.3, -0.25) is 4.79 Å². The van der Waals surface area contributed by atoms with Gasteiger partial charge in [0.15, 0.2) is 0 Å². The van der Waals surface area contributed by atoms with Crippen LogP contribution in [0.15, 0.2) is 24.3 Å². The number of esters is 1. The van der Waals surface area contributed by atoms with E-state index in [4.69, 9.17) is 4.74 Å². The molecule has 0 aromatic heterocycles. The van der Waals surface area contributed by atoms with Gasteiger partial charge in [0.25, 0.3) is 0 Å². The van der Waals surface area contributed by atoms with E-state index in [1.165, 1.54) is 24.8 Å². The summed E-state index contributed by atoms with van der Waals surface area (Å²) < 4.78 is 5.67. The second-order valence-electron chi connectivity index (χ2n) is 5.81. The minimum Gasteiger partial charge on any atom is -0.462 e. The summed E-state index contributed by atoms with van der Waals surface area (Å²) >= 11 is 0. The van der Waals surface area contributed by atoms with Gasteiger partial charge in [-0.2, -0.15) is 0 Å². The van der Waals surface area contributed by atoms with E-state index in [1.807, 2.05) is 31.2 Å². The first kappa shape index (κ1) is 11.8. The lowest BCUT2D eigenvalue weighted by molar-refractivity contribution is -0.150. The number of carbonyl (C=O) groups is 1. The summed E-state index contributed by atoms with van der Waals surface area (Å²) in [6.07, 6.45) is 5.61. The molecule has 96 valence electrons. The lowest BCUT2D eigenvalue weighted by Crippen LogP contribution is -2.25. The summed E-state index contributed by atoms with van der Waals surface area (Å²) in [6, 6.07) is 8.03. The van der Waals surface area contributed by atoms with Gasteiger partial charge in [-0.15, -0.1) is 0 Å². The average molecular weight is 244 g/mol. The van der Waals surface area contributed by atoms with Crippen LogP contribution in [0.25, 0.3) is 0 Å². The van der Waals surface area contributed by atoms with Crippen molar-refractivity contribution >= 4 is 5.97 Å². The second-order valence-corrected chi connectivity index (χ2v) is 5.81. The molecule has 2 fully saturated rings. The zero-order chi connectivity index (χ0) is 12.5. The minimum atomic E-state index is -0.0538. The van der Waals surface area contributed by atoms with Crippen LogP contribution in [-0.2, 0) is 16.0 Å². The Hall–Kier alpha value is -1.31. The first-order chi connectivity index (χ1) is 8.72. The molecule has 2 aliphatic carbocycles. The van der Waals surface area contributed by atoms with Crippen LogP contribution in [0.2, 0.25) is 0 Å². The third-order valence-corrected chi connectivity index (χ3v) is 4.55. The molecule has 2 nitrogen and oxygen atoms in total. The van der Waals surface area contributed by atoms with Crippen LogP contribution >= 0.6 is 0 Å². The minimum absolute atomic E-state index is 0.0538. The molecule has 1 aromatic carbocycles. The van der Waals surface area contributed by atoms with E-state index < -0.39 is 0 Å². The fraction of sp³-hybridized carbons (Fsp3) is 0.562. The Labute approximate surface area is 108 Å². The van der Waals surface area contributed by atoms with Gasteiger partial charge in [0.05, 0.1) is 6.42 Å². The average Bonchev–Trinajstić information content (AvgIpc) is 2.94. The Kier molecular flexibility index (Phi) is 3.11. The molecule has 1 aromatic rings. The van der Waals surface area contributed by atoms with Crippen LogP contribution in [0, 0.1) is 18.8 Å². The van der Waals surface area contributed by atoms with E-state index in [0.717, 1.165) is 17.9 Å². The van der Waals surface area contributed by atoms with Crippen molar-refractivity contribution in [3.63, 3.8) is 0 Å². The van der Waals surface area contributed by atoms with Gasteiger partial charge in [0, 0.05) is 0 Å². The van der Waals surface area contributed by atoms with Gasteiger partial charge in [0.1, 0.15) is 6.10 Å². The van der Waals surface area contributed by atoms with Crippen LogP contribution in [0.4, 0.5) is 0 Å². The fourth-order valence-electron chi connectivity index (χ4n) is 3.51. The monoisotopic (exact) mass is 244 g/mol. The number of aryl methyl sites for hydroxylation is 1. The molecule has 3 rings (SSSR count). The van der Waals surface area contributed by atoms with Crippen molar-refractivity contribution in [1.29, 1.82) is 0 Å². The summed E-state index contributed by atoms with van der Waals surface area (Å²) in [7, 11) is 0. The standard InChI is InChI=1S/C16H20O2/c1-11-4-2-3-5-13(11)10-16(17)18-15-9-12-6-7-14(15)8-12/h2-5,12,14-15H,6-10H2,1H3. The molecule has 0 N–H and O–H groups in total. The molecule has 0 saturated heterocycles. The van der Waals surface area contributed by atoms with Gasteiger partial charge in [-0.25, -0.2) is 0 Å². The number of rotatable bonds is 3. The van der Waals surface area contributed by atoms with Crippen molar-refractivity contribution in [2.24, 2.45) is 11.8 Å². The second kappa shape index (κ2) is 4.75. The predicted octanol–water partition coefficient (Wildman–Crippen LogP) is 3.27. The largest absolute Gasteiger partial charge is 0.462 e. The summed E-state index contributed by atoms with van der Waals surface area (Å²) in [6.45, 7) is 2.04. The Morgan fingerprint density at radius 1 is 1.28 bits per heavy atom. The molecule has 2 heteroatoms. The zero-order valence-electron chi connectivity index (χ0n) is 10.9.